The van der Waals surface area contributed by atoms with Crippen molar-refractivity contribution >= 4 is 49.8 Å². The minimum Gasteiger partial charge on any atom is -0.496 e. The van der Waals surface area contributed by atoms with Gasteiger partial charge in [0.15, 0.2) is 0 Å². The van der Waals surface area contributed by atoms with Crippen LogP contribution in [-0.2, 0) is 4.79 Å². The molecule has 0 atom stereocenters. The summed E-state index contributed by atoms with van der Waals surface area (Å²) in [4.78, 5) is 23.8. The smallest absolute Gasteiger partial charge is 0.270 e. The number of carbonyl (C=O) groups is 2. The summed E-state index contributed by atoms with van der Waals surface area (Å²) < 4.78 is 6.73. The zero-order chi connectivity index (χ0) is 17.5. The number of carbonyl (C=O) groups excluding carboxylic acids is 2. The maximum Gasteiger partial charge on any atom is 0.270 e. The zero-order valence-corrected chi connectivity index (χ0v) is 15.8. The SMILES string of the molecule is COc1ccc(Br)cc1/C=C/C(=O)NNC(=O)c1ccccc1Br. The molecule has 0 spiro atoms. The Morgan fingerprint density at radius 2 is 1.83 bits per heavy atom. The highest BCUT2D eigenvalue weighted by Gasteiger charge is 2.09. The highest BCUT2D eigenvalue weighted by atomic mass is 79.9. The standard InChI is InChI=1S/C17H14Br2N2O3/c1-24-15-8-7-12(18)10-11(15)6-9-16(22)20-21-17(23)13-4-2-3-5-14(13)19/h2-10H,1H3,(H,20,22)(H,21,23)/b9-6+. The van der Waals surface area contributed by atoms with Gasteiger partial charge in [0.05, 0.1) is 12.7 Å². The van der Waals surface area contributed by atoms with Crippen LogP contribution >= 0.6 is 31.9 Å². The van der Waals surface area contributed by atoms with Crippen molar-refractivity contribution in [2.24, 2.45) is 0 Å². The molecule has 0 aliphatic heterocycles. The first-order chi connectivity index (χ1) is 11.5. The van der Waals surface area contributed by atoms with Crippen molar-refractivity contribution < 1.29 is 14.3 Å². The molecule has 2 amide bonds. The molecule has 0 aliphatic rings. The highest BCUT2D eigenvalue weighted by molar-refractivity contribution is 9.10. The second-order valence-electron chi connectivity index (χ2n) is 4.64. The Hall–Kier alpha value is -2.12. The fourth-order valence-corrected chi connectivity index (χ4v) is 2.72. The number of hydrogen-bond donors (Lipinski definition) is 2. The second-order valence-corrected chi connectivity index (χ2v) is 6.41. The predicted octanol–water partition coefficient (Wildman–Crippen LogP) is 3.69. The summed E-state index contributed by atoms with van der Waals surface area (Å²) in [6.07, 6.45) is 2.91. The molecular formula is C17H14Br2N2O3. The fourth-order valence-electron chi connectivity index (χ4n) is 1.87. The van der Waals surface area contributed by atoms with Gasteiger partial charge in [0.2, 0.25) is 0 Å². The van der Waals surface area contributed by atoms with E-state index in [-0.39, 0.29) is 0 Å². The van der Waals surface area contributed by atoms with Crippen LogP contribution in [-0.4, -0.2) is 18.9 Å². The van der Waals surface area contributed by atoms with Gasteiger partial charge in [-0.25, -0.2) is 0 Å². The van der Waals surface area contributed by atoms with Gasteiger partial charge in [-0.1, -0.05) is 28.1 Å². The van der Waals surface area contributed by atoms with Crippen molar-refractivity contribution in [3.8, 4) is 5.75 Å². The fraction of sp³-hybridized carbons (Fsp3) is 0.0588. The Morgan fingerprint density at radius 1 is 1.08 bits per heavy atom. The van der Waals surface area contributed by atoms with Crippen LogP contribution < -0.4 is 15.6 Å². The molecule has 0 unspecified atom stereocenters. The summed E-state index contributed by atoms with van der Waals surface area (Å²) in [6.45, 7) is 0. The number of hydrogen-bond acceptors (Lipinski definition) is 3. The predicted molar refractivity (Wildman–Crippen MR) is 99.5 cm³/mol. The lowest BCUT2D eigenvalue weighted by molar-refractivity contribution is -0.117. The number of nitrogens with one attached hydrogen (secondary N) is 2. The van der Waals surface area contributed by atoms with E-state index in [1.807, 2.05) is 12.1 Å². The molecule has 2 aromatic carbocycles. The molecule has 0 aliphatic carbocycles. The normalized spacial score (nSPS) is 10.5. The Labute approximate surface area is 156 Å². The summed E-state index contributed by atoms with van der Waals surface area (Å²) >= 11 is 6.65. The van der Waals surface area contributed by atoms with E-state index in [2.05, 4.69) is 42.7 Å². The van der Waals surface area contributed by atoms with E-state index in [0.29, 0.717) is 15.8 Å². The molecule has 0 aromatic heterocycles. The first-order valence-corrected chi connectivity index (χ1v) is 8.46. The van der Waals surface area contributed by atoms with Crippen LogP contribution in [0.5, 0.6) is 5.75 Å². The summed E-state index contributed by atoms with van der Waals surface area (Å²) in [6, 6.07) is 12.4. The monoisotopic (exact) mass is 452 g/mol. The lowest BCUT2D eigenvalue weighted by atomic mass is 10.2. The van der Waals surface area contributed by atoms with E-state index < -0.39 is 11.8 Å². The van der Waals surface area contributed by atoms with Crippen LogP contribution in [0.3, 0.4) is 0 Å². The molecule has 0 saturated carbocycles. The van der Waals surface area contributed by atoms with Crippen molar-refractivity contribution in [3.63, 3.8) is 0 Å². The molecule has 7 heteroatoms. The van der Waals surface area contributed by atoms with Crippen LogP contribution in [0.15, 0.2) is 57.5 Å². The van der Waals surface area contributed by atoms with Crippen LogP contribution in [0.4, 0.5) is 0 Å². The molecule has 0 heterocycles. The van der Waals surface area contributed by atoms with Crippen molar-refractivity contribution in [3.05, 3.63) is 68.6 Å². The van der Waals surface area contributed by atoms with Gasteiger partial charge in [-0.3, -0.25) is 20.4 Å². The van der Waals surface area contributed by atoms with Gasteiger partial charge < -0.3 is 4.74 Å². The van der Waals surface area contributed by atoms with Gasteiger partial charge in [-0.05, 0) is 52.3 Å². The second kappa shape index (κ2) is 8.65. The van der Waals surface area contributed by atoms with Gasteiger partial charge >= 0.3 is 0 Å². The number of ether oxygens (including phenoxy) is 1. The molecule has 0 saturated heterocycles. The Bertz CT molecular complexity index is 791. The lowest BCUT2D eigenvalue weighted by Crippen LogP contribution is -2.40. The van der Waals surface area contributed by atoms with Gasteiger partial charge in [0.1, 0.15) is 5.75 Å². The molecule has 5 nitrogen and oxygen atoms in total. The Morgan fingerprint density at radius 3 is 2.54 bits per heavy atom. The minimum absolute atomic E-state index is 0.413. The molecule has 0 fully saturated rings. The number of hydrazine groups is 1. The van der Waals surface area contributed by atoms with Crippen LogP contribution in [0.1, 0.15) is 15.9 Å². The largest absolute Gasteiger partial charge is 0.496 e. The molecule has 0 radical (unpaired) electrons. The molecular weight excluding hydrogens is 440 g/mol. The molecule has 2 aromatic rings. The van der Waals surface area contributed by atoms with Crippen molar-refractivity contribution in [2.45, 2.75) is 0 Å². The van der Waals surface area contributed by atoms with E-state index in [1.54, 1.807) is 43.5 Å². The average molecular weight is 454 g/mol. The third-order valence-electron chi connectivity index (χ3n) is 3.02. The summed E-state index contributed by atoms with van der Waals surface area (Å²) in [5.74, 6) is -0.235. The van der Waals surface area contributed by atoms with E-state index in [0.717, 1.165) is 10.0 Å². The third kappa shape index (κ3) is 4.94. The summed E-state index contributed by atoms with van der Waals surface area (Å²) in [7, 11) is 1.55. The van der Waals surface area contributed by atoms with E-state index in [1.165, 1.54) is 6.08 Å². The number of amides is 2. The number of methoxy groups -OCH3 is 1. The van der Waals surface area contributed by atoms with E-state index in [9.17, 15) is 9.59 Å². The lowest BCUT2D eigenvalue weighted by Gasteiger charge is -2.07. The maximum absolute atomic E-state index is 12.0. The minimum atomic E-state index is -0.461. The van der Waals surface area contributed by atoms with Crippen molar-refractivity contribution in [2.75, 3.05) is 7.11 Å². The maximum atomic E-state index is 12.0. The molecule has 0 bridgehead atoms. The topological polar surface area (TPSA) is 67.4 Å². The highest BCUT2D eigenvalue weighted by Crippen LogP contribution is 2.24. The van der Waals surface area contributed by atoms with Gasteiger partial charge in [0, 0.05) is 20.6 Å². The van der Waals surface area contributed by atoms with Gasteiger partial charge in [-0.15, -0.1) is 0 Å². The molecule has 2 rings (SSSR count). The van der Waals surface area contributed by atoms with Crippen LogP contribution in [0.2, 0.25) is 0 Å². The third-order valence-corrected chi connectivity index (χ3v) is 4.21. The molecule has 124 valence electrons. The van der Waals surface area contributed by atoms with Gasteiger partial charge in [-0.2, -0.15) is 0 Å². The molecule has 24 heavy (non-hydrogen) atoms. The Kier molecular flexibility index (Phi) is 6.57. The van der Waals surface area contributed by atoms with Gasteiger partial charge in [0.25, 0.3) is 11.8 Å². The zero-order valence-electron chi connectivity index (χ0n) is 12.7. The first kappa shape index (κ1) is 18.2. The average Bonchev–Trinajstić information content (AvgIpc) is 2.58. The van der Waals surface area contributed by atoms with Crippen molar-refractivity contribution in [1.29, 1.82) is 0 Å². The number of halogens is 2. The summed E-state index contributed by atoms with van der Waals surface area (Å²) in [5, 5.41) is 0. The first-order valence-electron chi connectivity index (χ1n) is 6.87. The Balaban J connectivity index is 1.98. The van der Waals surface area contributed by atoms with E-state index >= 15 is 0 Å². The van der Waals surface area contributed by atoms with Crippen LogP contribution in [0.25, 0.3) is 6.08 Å². The quantitative estimate of drug-likeness (QED) is 0.547. The summed E-state index contributed by atoms with van der Waals surface area (Å²) in [5.41, 5.74) is 5.85. The molecule has 2 N–H and O–H groups in total. The van der Waals surface area contributed by atoms with E-state index in [4.69, 9.17) is 4.74 Å². The number of benzene rings is 2. The van der Waals surface area contributed by atoms with Crippen LogP contribution in [0, 0.1) is 0 Å². The van der Waals surface area contributed by atoms with Crippen molar-refractivity contribution in [1.82, 2.24) is 10.9 Å². The number of rotatable bonds is 4.